The number of hydrogen-bond donors (Lipinski definition) is 1. The molecular weight excluding hydrogens is 245 g/mol. The van der Waals surface area contributed by atoms with Crippen molar-refractivity contribution in [2.24, 2.45) is 0 Å². The highest BCUT2D eigenvalue weighted by Crippen LogP contribution is 2.35. The molecule has 1 rings (SSSR count). The molecule has 16 heavy (non-hydrogen) atoms. The number of carboxylic acid groups (broad SMARTS) is 1. The van der Waals surface area contributed by atoms with Crippen LogP contribution in [0.5, 0.6) is 0 Å². The topological polar surface area (TPSA) is 37.3 Å². The van der Waals surface area contributed by atoms with Gasteiger partial charge in [0, 0.05) is 6.08 Å². The highest BCUT2D eigenvalue weighted by molar-refractivity contribution is 6.31. The molecule has 1 aromatic carbocycles. The van der Waals surface area contributed by atoms with Crippen molar-refractivity contribution in [3.8, 4) is 0 Å². The van der Waals surface area contributed by atoms with Gasteiger partial charge in [-0.15, -0.1) is 0 Å². The fourth-order valence-corrected chi connectivity index (χ4v) is 1.26. The van der Waals surface area contributed by atoms with E-state index in [1.54, 1.807) is 0 Å². The van der Waals surface area contributed by atoms with E-state index in [0.29, 0.717) is 0 Å². The molecule has 0 bridgehead atoms. The molecule has 2 nitrogen and oxygen atoms in total. The van der Waals surface area contributed by atoms with E-state index in [1.165, 1.54) is 6.07 Å². The molecule has 0 radical (unpaired) electrons. The highest BCUT2D eigenvalue weighted by atomic mass is 35.5. The summed E-state index contributed by atoms with van der Waals surface area (Å²) >= 11 is 5.38. The molecule has 0 aliphatic heterocycles. The minimum absolute atomic E-state index is 0.124. The van der Waals surface area contributed by atoms with Crippen molar-refractivity contribution in [1.29, 1.82) is 0 Å². The zero-order valence-corrected chi connectivity index (χ0v) is 8.51. The van der Waals surface area contributed by atoms with Crippen molar-refractivity contribution in [3.63, 3.8) is 0 Å². The number of benzene rings is 1. The molecule has 0 aliphatic carbocycles. The first-order valence-corrected chi connectivity index (χ1v) is 4.46. The van der Waals surface area contributed by atoms with Crippen LogP contribution < -0.4 is 0 Å². The minimum Gasteiger partial charge on any atom is -0.478 e. The maximum atomic E-state index is 12.4. The number of rotatable bonds is 2. The second kappa shape index (κ2) is 4.57. The number of halogens is 4. The molecule has 6 heteroatoms. The Hall–Kier alpha value is -1.49. The van der Waals surface area contributed by atoms with Crippen LogP contribution in [0.4, 0.5) is 13.2 Å². The molecule has 0 fully saturated rings. The molecule has 1 N–H and O–H groups in total. The molecule has 0 atom stereocenters. The van der Waals surface area contributed by atoms with E-state index in [2.05, 4.69) is 0 Å². The number of aliphatic carboxylic acids is 1. The molecule has 86 valence electrons. The highest BCUT2D eigenvalue weighted by Gasteiger charge is 2.33. The summed E-state index contributed by atoms with van der Waals surface area (Å²) in [6.45, 7) is 0. The molecule has 0 aromatic heterocycles. The van der Waals surface area contributed by atoms with Gasteiger partial charge in [-0.05, 0) is 23.8 Å². The molecule has 0 aliphatic rings. The summed E-state index contributed by atoms with van der Waals surface area (Å²) in [7, 11) is 0. The molecule has 0 unspecified atom stereocenters. The fraction of sp³-hybridized carbons (Fsp3) is 0.100. The predicted octanol–water partition coefficient (Wildman–Crippen LogP) is 3.46. The van der Waals surface area contributed by atoms with Gasteiger partial charge in [-0.1, -0.05) is 17.7 Å². The van der Waals surface area contributed by atoms with Crippen LogP contribution in [0.1, 0.15) is 11.1 Å². The standard InChI is InChI=1S/C10H6ClF3O2/c11-8-3-1-6(2-4-9(15)16)5-7(8)10(12,13)14/h1-5H,(H,15,16)/b4-2-. The van der Waals surface area contributed by atoms with E-state index in [0.717, 1.165) is 24.3 Å². The monoisotopic (exact) mass is 250 g/mol. The first kappa shape index (κ1) is 12.6. The van der Waals surface area contributed by atoms with Gasteiger partial charge in [0.05, 0.1) is 10.6 Å². The Kier molecular flexibility index (Phi) is 3.59. The van der Waals surface area contributed by atoms with Crippen molar-refractivity contribution in [2.75, 3.05) is 0 Å². The summed E-state index contributed by atoms with van der Waals surface area (Å²) in [6.07, 6.45) is -2.73. The van der Waals surface area contributed by atoms with Crippen molar-refractivity contribution >= 4 is 23.6 Å². The lowest BCUT2D eigenvalue weighted by Crippen LogP contribution is -2.05. The van der Waals surface area contributed by atoms with Crippen LogP contribution in [0.3, 0.4) is 0 Å². The summed E-state index contributed by atoms with van der Waals surface area (Å²) in [5.74, 6) is -1.23. The van der Waals surface area contributed by atoms with Crippen molar-refractivity contribution in [2.45, 2.75) is 6.18 Å². The van der Waals surface area contributed by atoms with Gasteiger partial charge in [-0.25, -0.2) is 4.79 Å². The van der Waals surface area contributed by atoms with Crippen molar-refractivity contribution in [1.82, 2.24) is 0 Å². The average molecular weight is 251 g/mol. The largest absolute Gasteiger partial charge is 0.478 e. The lowest BCUT2D eigenvalue weighted by Gasteiger charge is -2.09. The molecule has 0 saturated heterocycles. The summed E-state index contributed by atoms with van der Waals surface area (Å²) in [6, 6.07) is 3.17. The molecule has 0 saturated carbocycles. The van der Waals surface area contributed by atoms with E-state index in [1.807, 2.05) is 0 Å². The first-order chi connectivity index (χ1) is 7.30. The third-order valence-electron chi connectivity index (χ3n) is 1.71. The summed E-state index contributed by atoms with van der Waals surface area (Å²) in [5.41, 5.74) is -0.860. The summed E-state index contributed by atoms with van der Waals surface area (Å²) < 4.78 is 37.2. The third kappa shape index (κ3) is 3.27. The maximum Gasteiger partial charge on any atom is 0.417 e. The van der Waals surface area contributed by atoms with Gasteiger partial charge < -0.3 is 5.11 Å². The van der Waals surface area contributed by atoms with Gasteiger partial charge in [-0.2, -0.15) is 13.2 Å². The van der Waals surface area contributed by atoms with Crippen molar-refractivity contribution in [3.05, 3.63) is 40.4 Å². The molecule has 0 amide bonds. The normalized spacial score (nSPS) is 12.0. The van der Waals surface area contributed by atoms with Gasteiger partial charge in [0.15, 0.2) is 0 Å². The van der Waals surface area contributed by atoms with E-state index in [9.17, 15) is 18.0 Å². The summed E-state index contributed by atoms with van der Waals surface area (Å²) in [5, 5.41) is 7.91. The van der Waals surface area contributed by atoms with Crippen LogP contribution in [0.25, 0.3) is 6.08 Å². The lowest BCUT2D eigenvalue weighted by atomic mass is 10.1. The van der Waals surface area contributed by atoms with E-state index in [-0.39, 0.29) is 5.56 Å². The fourth-order valence-electron chi connectivity index (χ4n) is 1.03. The van der Waals surface area contributed by atoms with Crippen LogP contribution in [0, 0.1) is 0 Å². The Morgan fingerprint density at radius 3 is 2.50 bits per heavy atom. The van der Waals surface area contributed by atoms with Gasteiger partial charge >= 0.3 is 12.1 Å². The second-order valence-electron chi connectivity index (χ2n) is 2.91. The maximum absolute atomic E-state index is 12.4. The molecule has 1 aromatic rings. The summed E-state index contributed by atoms with van der Waals surface area (Å²) in [4.78, 5) is 10.2. The van der Waals surface area contributed by atoms with Gasteiger partial charge in [0.1, 0.15) is 0 Å². The Morgan fingerprint density at radius 2 is 2.00 bits per heavy atom. The van der Waals surface area contributed by atoms with E-state index in [4.69, 9.17) is 16.7 Å². The number of hydrogen-bond acceptors (Lipinski definition) is 1. The first-order valence-electron chi connectivity index (χ1n) is 4.08. The SMILES string of the molecule is O=C(O)/C=C\c1ccc(Cl)c(C(F)(F)F)c1. The third-order valence-corrected chi connectivity index (χ3v) is 2.04. The van der Waals surface area contributed by atoms with Crippen LogP contribution in [-0.2, 0) is 11.0 Å². The Balaban J connectivity index is 3.13. The van der Waals surface area contributed by atoms with Crippen LogP contribution in [-0.4, -0.2) is 11.1 Å². The molecule has 0 heterocycles. The quantitative estimate of drug-likeness (QED) is 0.816. The predicted molar refractivity (Wildman–Crippen MR) is 53.1 cm³/mol. The van der Waals surface area contributed by atoms with Crippen molar-refractivity contribution < 1.29 is 23.1 Å². The Morgan fingerprint density at radius 1 is 1.38 bits per heavy atom. The molecule has 0 spiro atoms. The van der Waals surface area contributed by atoms with Gasteiger partial charge in [0.2, 0.25) is 0 Å². The Bertz CT molecular complexity index is 438. The van der Waals surface area contributed by atoms with E-state index >= 15 is 0 Å². The van der Waals surface area contributed by atoms with Crippen LogP contribution in [0.2, 0.25) is 5.02 Å². The lowest BCUT2D eigenvalue weighted by molar-refractivity contribution is -0.137. The number of alkyl halides is 3. The zero-order chi connectivity index (χ0) is 12.3. The number of carbonyl (C=O) groups is 1. The minimum atomic E-state index is -4.55. The van der Waals surface area contributed by atoms with Crippen LogP contribution in [0.15, 0.2) is 24.3 Å². The van der Waals surface area contributed by atoms with Gasteiger partial charge in [0.25, 0.3) is 0 Å². The van der Waals surface area contributed by atoms with Gasteiger partial charge in [-0.3, -0.25) is 0 Å². The molecular formula is C10H6ClF3O2. The second-order valence-corrected chi connectivity index (χ2v) is 3.32. The average Bonchev–Trinajstić information content (AvgIpc) is 2.14. The number of carboxylic acids is 1. The van der Waals surface area contributed by atoms with Crippen LogP contribution >= 0.6 is 11.6 Å². The zero-order valence-electron chi connectivity index (χ0n) is 7.75. The Labute approximate surface area is 94.0 Å². The smallest absolute Gasteiger partial charge is 0.417 e. The van der Waals surface area contributed by atoms with E-state index < -0.39 is 22.7 Å².